The van der Waals surface area contributed by atoms with Gasteiger partial charge in [0.25, 0.3) is 0 Å². The first-order valence-corrected chi connectivity index (χ1v) is 6.35. The van der Waals surface area contributed by atoms with Crippen LogP contribution in [-0.2, 0) is 38.3 Å². The van der Waals surface area contributed by atoms with Crippen LogP contribution in [0.5, 0.6) is 0 Å². The van der Waals surface area contributed by atoms with Gasteiger partial charge >= 0.3 is 97.6 Å². The number of ketones is 4. The van der Waals surface area contributed by atoms with E-state index in [9.17, 15) is 19.2 Å². The van der Waals surface area contributed by atoms with Gasteiger partial charge in [-0.3, -0.25) is 0 Å². The Morgan fingerprint density at radius 3 is 1.00 bits per heavy atom. The summed E-state index contributed by atoms with van der Waals surface area (Å²) in [6.07, 6.45) is 0. The first-order chi connectivity index (χ1) is 6.77. The molecule has 4 nitrogen and oxygen atoms in total. The Morgan fingerprint density at radius 2 is 0.867 bits per heavy atom. The van der Waals surface area contributed by atoms with Crippen LogP contribution in [0.2, 0.25) is 8.45 Å². The van der Waals surface area contributed by atoms with Gasteiger partial charge in [-0.2, -0.15) is 0 Å². The predicted molar refractivity (Wildman–Crippen MR) is 50.2 cm³/mol. The third kappa shape index (κ3) is 4.62. The maximum atomic E-state index is 11.2. The van der Waals surface area contributed by atoms with E-state index in [-0.39, 0.29) is 23.1 Å². The van der Waals surface area contributed by atoms with Crippen LogP contribution >= 0.6 is 0 Å². The number of hydrogen-bond donors (Lipinski definition) is 0. The van der Waals surface area contributed by atoms with E-state index >= 15 is 0 Å². The third-order valence-corrected chi connectivity index (χ3v) is 5.54. The number of hydrogen-bond acceptors (Lipinski definition) is 4. The standard InChI is InChI=1S/2C5H7O2.Ti/c2*1-4(6)3-5(2)7;/h2*3H,1-2H3;. The first-order valence-electron chi connectivity index (χ1n) is 4.55. The van der Waals surface area contributed by atoms with Crippen molar-refractivity contribution in [1.82, 2.24) is 0 Å². The SMILES string of the molecule is CC(=O)[CH]([Ti][CH](C(C)=O)C(C)=O)C(C)=O. The van der Waals surface area contributed by atoms with Gasteiger partial charge < -0.3 is 0 Å². The van der Waals surface area contributed by atoms with Crippen molar-refractivity contribution >= 4 is 23.1 Å². The molecule has 0 unspecified atom stereocenters. The van der Waals surface area contributed by atoms with Gasteiger partial charge in [-0.1, -0.05) is 0 Å². The number of carbonyl (C=O) groups is 4. The second kappa shape index (κ2) is 6.08. The van der Waals surface area contributed by atoms with E-state index < -0.39 is 27.6 Å². The first kappa shape index (κ1) is 14.4. The molecule has 0 fully saturated rings. The van der Waals surface area contributed by atoms with Crippen molar-refractivity contribution in [2.45, 2.75) is 36.1 Å². The van der Waals surface area contributed by atoms with E-state index in [0.29, 0.717) is 0 Å². The number of carbonyl (C=O) groups excluding carboxylic acids is 4. The zero-order valence-electron chi connectivity index (χ0n) is 9.29. The number of rotatable bonds is 6. The van der Waals surface area contributed by atoms with Crippen molar-refractivity contribution in [3.63, 3.8) is 0 Å². The molecule has 0 aliphatic heterocycles. The van der Waals surface area contributed by atoms with Gasteiger partial charge in [0.1, 0.15) is 0 Å². The van der Waals surface area contributed by atoms with Gasteiger partial charge in [0.05, 0.1) is 0 Å². The molecule has 0 aliphatic carbocycles. The monoisotopic (exact) mass is 246 g/mol. The molecule has 0 saturated heterocycles. The minimum atomic E-state index is -1.21. The quantitative estimate of drug-likeness (QED) is 0.518. The van der Waals surface area contributed by atoms with Gasteiger partial charge in [0, 0.05) is 0 Å². The molecule has 82 valence electrons. The molecule has 0 heterocycles. The molecule has 0 amide bonds. The van der Waals surface area contributed by atoms with Crippen LogP contribution in [-0.4, -0.2) is 23.1 Å². The molecular formula is C10H14O4Ti. The van der Waals surface area contributed by atoms with Crippen molar-refractivity contribution in [3.05, 3.63) is 0 Å². The van der Waals surface area contributed by atoms with Crippen molar-refractivity contribution in [1.29, 1.82) is 0 Å². The molecule has 0 rings (SSSR count). The molecule has 0 aromatic carbocycles. The predicted octanol–water partition coefficient (Wildman–Crippen LogP) is 1.00. The van der Waals surface area contributed by atoms with E-state index in [2.05, 4.69) is 0 Å². The second-order valence-corrected chi connectivity index (χ2v) is 5.80. The van der Waals surface area contributed by atoms with E-state index in [0.717, 1.165) is 0 Å². The Kier molecular flexibility index (Phi) is 5.84. The molecule has 0 aromatic rings. The summed E-state index contributed by atoms with van der Waals surface area (Å²) in [6.45, 7) is 5.31. The van der Waals surface area contributed by atoms with Crippen LogP contribution < -0.4 is 0 Å². The van der Waals surface area contributed by atoms with Crippen molar-refractivity contribution in [2.75, 3.05) is 0 Å². The van der Waals surface area contributed by atoms with Gasteiger partial charge in [-0.25, -0.2) is 0 Å². The van der Waals surface area contributed by atoms with Crippen LogP contribution in [0.25, 0.3) is 0 Å². The molecule has 0 radical (unpaired) electrons. The summed E-state index contributed by atoms with van der Waals surface area (Å²) < 4.78 is -1.41. The second-order valence-electron chi connectivity index (χ2n) is 3.48. The van der Waals surface area contributed by atoms with Gasteiger partial charge in [0.2, 0.25) is 0 Å². The molecule has 0 saturated carbocycles. The summed E-state index contributed by atoms with van der Waals surface area (Å²) in [5.41, 5.74) is 0. The average molecular weight is 246 g/mol. The van der Waals surface area contributed by atoms with Crippen LogP contribution in [0, 0.1) is 0 Å². The van der Waals surface area contributed by atoms with E-state index in [1.54, 1.807) is 0 Å². The normalized spacial score (nSPS) is 10.3. The van der Waals surface area contributed by atoms with Crippen molar-refractivity contribution < 1.29 is 38.3 Å². The van der Waals surface area contributed by atoms with Crippen LogP contribution in [0.15, 0.2) is 0 Å². The fourth-order valence-corrected chi connectivity index (χ4v) is 3.20. The molecule has 15 heavy (non-hydrogen) atoms. The zero-order chi connectivity index (χ0) is 12.2. The molecule has 0 N–H and O–H groups in total. The Morgan fingerprint density at radius 1 is 0.667 bits per heavy atom. The third-order valence-electron chi connectivity index (χ3n) is 1.96. The summed E-state index contributed by atoms with van der Waals surface area (Å²) in [7, 11) is 0. The molecule has 0 aliphatic rings. The van der Waals surface area contributed by atoms with E-state index in [1.165, 1.54) is 27.7 Å². The van der Waals surface area contributed by atoms with Crippen LogP contribution in [0.4, 0.5) is 0 Å². The average Bonchev–Trinajstić information content (AvgIpc) is 2.01. The molecule has 0 spiro atoms. The Bertz CT molecular complexity index is 251. The van der Waals surface area contributed by atoms with Crippen LogP contribution in [0.3, 0.4) is 0 Å². The Hall–Kier alpha value is -0.606. The minimum absolute atomic E-state index is 0.241. The Balaban J connectivity index is 4.77. The zero-order valence-corrected chi connectivity index (χ0v) is 10.8. The van der Waals surface area contributed by atoms with E-state index in [4.69, 9.17) is 0 Å². The number of Topliss-reactive ketones (excluding diaryl/α,β-unsaturated/α-hetero) is 4. The molecule has 5 heteroatoms. The fourth-order valence-electron chi connectivity index (χ4n) is 1.21. The molecule has 0 atom stereocenters. The topological polar surface area (TPSA) is 68.3 Å². The summed E-state index contributed by atoms with van der Waals surface area (Å²) in [6, 6.07) is 0. The molecule has 0 bridgehead atoms. The van der Waals surface area contributed by atoms with Gasteiger partial charge in [-0.05, 0) is 0 Å². The molecular weight excluding hydrogens is 232 g/mol. The summed E-state index contributed by atoms with van der Waals surface area (Å²) in [5, 5.41) is 0. The summed E-state index contributed by atoms with van der Waals surface area (Å²) in [4.78, 5) is 44.6. The molecule has 0 aromatic heterocycles. The Labute approximate surface area is 97.7 Å². The summed E-state index contributed by atoms with van der Waals surface area (Å²) >= 11 is -1.21. The van der Waals surface area contributed by atoms with E-state index in [1.807, 2.05) is 0 Å². The van der Waals surface area contributed by atoms with Crippen molar-refractivity contribution in [2.24, 2.45) is 0 Å². The fraction of sp³-hybridized carbons (Fsp3) is 0.600. The van der Waals surface area contributed by atoms with Gasteiger partial charge in [0.15, 0.2) is 0 Å². The van der Waals surface area contributed by atoms with Crippen LogP contribution in [0.1, 0.15) is 27.7 Å². The van der Waals surface area contributed by atoms with Gasteiger partial charge in [-0.15, -0.1) is 0 Å². The summed E-state index contributed by atoms with van der Waals surface area (Å²) in [5.74, 6) is -0.963. The maximum absolute atomic E-state index is 11.2. The van der Waals surface area contributed by atoms with Crippen molar-refractivity contribution in [3.8, 4) is 0 Å².